The van der Waals surface area contributed by atoms with Gasteiger partial charge in [0.1, 0.15) is 0 Å². The first-order valence-electron chi connectivity index (χ1n) is 7.11. The van der Waals surface area contributed by atoms with Crippen molar-refractivity contribution in [3.05, 3.63) is 52.5 Å². The van der Waals surface area contributed by atoms with Crippen LogP contribution in [0.25, 0.3) is 0 Å². The Labute approximate surface area is 134 Å². The van der Waals surface area contributed by atoms with Crippen LogP contribution >= 0.6 is 15.9 Å². The SMILES string of the molecule is CCOc1ccc(NCc2ccc(Br)cc2)cc1OCC. The van der Waals surface area contributed by atoms with Crippen molar-refractivity contribution in [2.75, 3.05) is 18.5 Å². The first-order valence-corrected chi connectivity index (χ1v) is 7.90. The number of halogens is 1. The van der Waals surface area contributed by atoms with Gasteiger partial charge >= 0.3 is 0 Å². The fourth-order valence-corrected chi connectivity index (χ4v) is 2.23. The quantitative estimate of drug-likeness (QED) is 0.774. The van der Waals surface area contributed by atoms with E-state index in [0.717, 1.165) is 28.2 Å². The molecular weight excluding hydrogens is 330 g/mol. The van der Waals surface area contributed by atoms with Gasteiger partial charge in [0, 0.05) is 22.8 Å². The van der Waals surface area contributed by atoms with Crippen molar-refractivity contribution in [3.8, 4) is 11.5 Å². The van der Waals surface area contributed by atoms with Crippen LogP contribution < -0.4 is 14.8 Å². The van der Waals surface area contributed by atoms with Crippen LogP contribution in [0.2, 0.25) is 0 Å². The van der Waals surface area contributed by atoms with E-state index < -0.39 is 0 Å². The topological polar surface area (TPSA) is 30.5 Å². The minimum absolute atomic E-state index is 0.621. The molecule has 0 aromatic heterocycles. The van der Waals surface area contributed by atoms with Crippen LogP contribution in [0.4, 0.5) is 5.69 Å². The van der Waals surface area contributed by atoms with Crippen molar-refractivity contribution in [1.82, 2.24) is 0 Å². The van der Waals surface area contributed by atoms with E-state index in [1.165, 1.54) is 5.56 Å². The fourth-order valence-electron chi connectivity index (χ4n) is 1.97. The van der Waals surface area contributed by atoms with Gasteiger partial charge in [0.2, 0.25) is 0 Å². The van der Waals surface area contributed by atoms with Gasteiger partial charge in [-0.2, -0.15) is 0 Å². The molecule has 0 bridgehead atoms. The molecule has 0 fully saturated rings. The molecule has 2 aromatic rings. The van der Waals surface area contributed by atoms with Gasteiger partial charge in [0.25, 0.3) is 0 Å². The first-order chi connectivity index (χ1) is 10.2. The molecule has 0 heterocycles. The highest BCUT2D eigenvalue weighted by Gasteiger charge is 2.06. The molecule has 1 N–H and O–H groups in total. The molecule has 4 heteroatoms. The lowest BCUT2D eigenvalue weighted by Gasteiger charge is -2.13. The van der Waals surface area contributed by atoms with E-state index in [9.17, 15) is 0 Å². The lowest BCUT2D eigenvalue weighted by Crippen LogP contribution is -2.02. The summed E-state index contributed by atoms with van der Waals surface area (Å²) < 4.78 is 12.3. The number of anilines is 1. The second kappa shape index (κ2) is 7.93. The minimum atomic E-state index is 0.621. The lowest BCUT2D eigenvalue weighted by atomic mass is 10.2. The van der Waals surface area contributed by atoms with E-state index >= 15 is 0 Å². The summed E-state index contributed by atoms with van der Waals surface area (Å²) in [4.78, 5) is 0. The summed E-state index contributed by atoms with van der Waals surface area (Å²) in [6, 6.07) is 14.2. The Kier molecular flexibility index (Phi) is 5.93. The summed E-state index contributed by atoms with van der Waals surface area (Å²) in [5.74, 6) is 1.56. The maximum atomic E-state index is 5.63. The molecule has 0 amide bonds. The fraction of sp³-hybridized carbons (Fsp3) is 0.294. The molecule has 0 aliphatic heterocycles. The Morgan fingerprint density at radius 3 is 2.24 bits per heavy atom. The third-order valence-corrected chi connectivity index (χ3v) is 3.48. The average Bonchev–Trinajstić information content (AvgIpc) is 2.49. The molecule has 0 aliphatic rings. The van der Waals surface area contributed by atoms with Crippen LogP contribution in [0.5, 0.6) is 11.5 Å². The van der Waals surface area contributed by atoms with E-state index in [1.807, 2.05) is 44.2 Å². The molecule has 0 unspecified atom stereocenters. The molecule has 21 heavy (non-hydrogen) atoms. The Balaban J connectivity index is 2.05. The molecule has 3 nitrogen and oxygen atoms in total. The zero-order valence-corrected chi connectivity index (χ0v) is 13.9. The zero-order chi connectivity index (χ0) is 15.1. The third-order valence-electron chi connectivity index (χ3n) is 2.95. The van der Waals surface area contributed by atoms with Crippen molar-refractivity contribution < 1.29 is 9.47 Å². The van der Waals surface area contributed by atoms with Gasteiger partial charge in [-0.05, 0) is 43.7 Å². The normalized spacial score (nSPS) is 10.2. The van der Waals surface area contributed by atoms with Crippen LogP contribution in [0.3, 0.4) is 0 Å². The largest absolute Gasteiger partial charge is 0.490 e. The van der Waals surface area contributed by atoms with Gasteiger partial charge < -0.3 is 14.8 Å². The predicted molar refractivity (Wildman–Crippen MR) is 90.2 cm³/mol. The van der Waals surface area contributed by atoms with E-state index in [1.54, 1.807) is 0 Å². The number of hydrogen-bond acceptors (Lipinski definition) is 3. The third kappa shape index (κ3) is 4.67. The van der Waals surface area contributed by atoms with Gasteiger partial charge in [0.05, 0.1) is 13.2 Å². The monoisotopic (exact) mass is 349 g/mol. The Hall–Kier alpha value is -1.68. The van der Waals surface area contributed by atoms with E-state index in [4.69, 9.17) is 9.47 Å². The van der Waals surface area contributed by atoms with Crippen molar-refractivity contribution in [2.45, 2.75) is 20.4 Å². The molecule has 0 spiro atoms. The maximum Gasteiger partial charge on any atom is 0.163 e. The molecule has 0 saturated carbocycles. The summed E-state index contributed by atoms with van der Waals surface area (Å²) in [6.45, 7) is 5.96. The number of benzene rings is 2. The number of ether oxygens (including phenoxy) is 2. The Morgan fingerprint density at radius 1 is 0.905 bits per heavy atom. The van der Waals surface area contributed by atoms with Gasteiger partial charge in [0.15, 0.2) is 11.5 Å². The van der Waals surface area contributed by atoms with Crippen LogP contribution in [-0.4, -0.2) is 13.2 Å². The Morgan fingerprint density at radius 2 is 1.57 bits per heavy atom. The van der Waals surface area contributed by atoms with Crippen molar-refractivity contribution >= 4 is 21.6 Å². The highest BCUT2D eigenvalue weighted by Crippen LogP contribution is 2.30. The van der Waals surface area contributed by atoms with Crippen molar-refractivity contribution in [1.29, 1.82) is 0 Å². The van der Waals surface area contributed by atoms with Gasteiger partial charge in [-0.3, -0.25) is 0 Å². The summed E-state index contributed by atoms with van der Waals surface area (Å²) in [5.41, 5.74) is 2.25. The van der Waals surface area contributed by atoms with Crippen molar-refractivity contribution in [3.63, 3.8) is 0 Å². The molecule has 112 valence electrons. The first kappa shape index (κ1) is 15.7. The highest BCUT2D eigenvalue weighted by atomic mass is 79.9. The second-order valence-electron chi connectivity index (χ2n) is 4.51. The number of hydrogen-bond donors (Lipinski definition) is 1. The van der Waals surface area contributed by atoms with Crippen LogP contribution in [0, 0.1) is 0 Å². The second-order valence-corrected chi connectivity index (χ2v) is 5.42. The molecule has 0 atom stereocenters. The van der Waals surface area contributed by atoms with Crippen LogP contribution in [0.1, 0.15) is 19.4 Å². The molecule has 0 radical (unpaired) electrons. The molecule has 0 aliphatic carbocycles. The van der Waals surface area contributed by atoms with Crippen LogP contribution in [-0.2, 0) is 6.54 Å². The van der Waals surface area contributed by atoms with Gasteiger partial charge in [-0.1, -0.05) is 28.1 Å². The average molecular weight is 350 g/mol. The maximum absolute atomic E-state index is 5.63. The summed E-state index contributed by atoms with van der Waals surface area (Å²) >= 11 is 3.44. The predicted octanol–water partition coefficient (Wildman–Crippen LogP) is 4.86. The van der Waals surface area contributed by atoms with Crippen LogP contribution in [0.15, 0.2) is 46.9 Å². The number of rotatable bonds is 7. The zero-order valence-electron chi connectivity index (χ0n) is 12.4. The standard InChI is InChI=1S/C17H20BrNO2/c1-3-20-16-10-9-15(11-17(16)21-4-2)19-12-13-5-7-14(18)8-6-13/h5-11,19H,3-4,12H2,1-2H3. The summed E-state index contributed by atoms with van der Waals surface area (Å²) in [6.07, 6.45) is 0. The minimum Gasteiger partial charge on any atom is -0.490 e. The molecule has 2 rings (SSSR count). The molecular formula is C17H20BrNO2. The number of nitrogens with one attached hydrogen (secondary N) is 1. The van der Waals surface area contributed by atoms with E-state index in [-0.39, 0.29) is 0 Å². The van der Waals surface area contributed by atoms with Gasteiger partial charge in [-0.25, -0.2) is 0 Å². The van der Waals surface area contributed by atoms with E-state index in [2.05, 4.69) is 33.4 Å². The smallest absolute Gasteiger partial charge is 0.163 e. The van der Waals surface area contributed by atoms with Crippen molar-refractivity contribution in [2.24, 2.45) is 0 Å². The molecule has 0 saturated heterocycles. The molecule has 2 aromatic carbocycles. The summed E-state index contributed by atoms with van der Waals surface area (Å²) in [7, 11) is 0. The Bertz CT molecular complexity index is 570. The van der Waals surface area contributed by atoms with E-state index in [0.29, 0.717) is 13.2 Å². The highest BCUT2D eigenvalue weighted by molar-refractivity contribution is 9.10. The van der Waals surface area contributed by atoms with Gasteiger partial charge in [-0.15, -0.1) is 0 Å². The summed E-state index contributed by atoms with van der Waals surface area (Å²) in [5, 5.41) is 3.40. The lowest BCUT2D eigenvalue weighted by molar-refractivity contribution is 0.288.